The van der Waals surface area contributed by atoms with Gasteiger partial charge in [0.25, 0.3) is 0 Å². The first kappa shape index (κ1) is 14.0. The molecule has 2 N–H and O–H groups in total. The predicted molar refractivity (Wildman–Crippen MR) is 77.0 cm³/mol. The molecule has 0 unspecified atom stereocenters. The zero-order chi connectivity index (χ0) is 13.8. The van der Waals surface area contributed by atoms with Crippen LogP contribution in [-0.2, 0) is 6.42 Å². The Labute approximate surface area is 117 Å². The van der Waals surface area contributed by atoms with Gasteiger partial charge in [-0.25, -0.2) is 9.37 Å². The molecule has 19 heavy (non-hydrogen) atoms. The summed E-state index contributed by atoms with van der Waals surface area (Å²) in [7, 11) is 0. The normalized spacial score (nSPS) is 10.7. The fourth-order valence-electron chi connectivity index (χ4n) is 1.99. The SMILES string of the molecule is Cc1cc(C)nc(Sc2cccc(F)c2CCN)c1. The van der Waals surface area contributed by atoms with Gasteiger partial charge in [-0.15, -0.1) is 0 Å². The first-order valence-electron chi connectivity index (χ1n) is 6.20. The van der Waals surface area contributed by atoms with E-state index in [2.05, 4.69) is 4.98 Å². The molecule has 0 atom stereocenters. The summed E-state index contributed by atoms with van der Waals surface area (Å²) in [4.78, 5) is 5.36. The van der Waals surface area contributed by atoms with Gasteiger partial charge >= 0.3 is 0 Å². The summed E-state index contributed by atoms with van der Waals surface area (Å²) in [5, 5.41) is 0.890. The second-order valence-electron chi connectivity index (χ2n) is 4.48. The minimum Gasteiger partial charge on any atom is -0.330 e. The lowest BCUT2D eigenvalue weighted by Gasteiger charge is -2.10. The van der Waals surface area contributed by atoms with E-state index in [1.165, 1.54) is 17.8 Å². The summed E-state index contributed by atoms with van der Waals surface area (Å²) in [6, 6.07) is 9.15. The fraction of sp³-hybridized carbons (Fsp3) is 0.267. The highest BCUT2D eigenvalue weighted by Crippen LogP contribution is 2.31. The number of hydrogen-bond acceptors (Lipinski definition) is 3. The third kappa shape index (κ3) is 3.55. The fourth-order valence-corrected chi connectivity index (χ4v) is 3.12. The van der Waals surface area contributed by atoms with E-state index in [0.717, 1.165) is 21.2 Å². The van der Waals surface area contributed by atoms with Crippen molar-refractivity contribution in [3.63, 3.8) is 0 Å². The lowest BCUT2D eigenvalue weighted by atomic mass is 10.1. The van der Waals surface area contributed by atoms with Crippen LogP contribution in [0.1, 0.15) is 16.8 Å². The van der Waals surface area contributed by atoms with Gasteiger partial charge in [-0.05, 0) is 56.6 Å². The summed E-state index contributed by atoms with van der Waals surface area (Å²) in [5.74, 6) is -0.195. The summed E-state index contributed by atoms with van der Waals surface area (Å²) in [6.45, 7) is 4.43. The molecule has 0 aliphatic heterocycles. The largest absolute Gasteiger partial charge is 0.330 e. The van der Waals surface area contributed by atoms with Crippen molar-refractivity contribution in [2.75, 3.05) is 6.54 Å². The molecule has 1 heterocycles. The van der Waals surface area contributed by atoms with Crippen LogP contribution >= 0.6 is 11.8 Å². The van der Waals surface area contributed by atoms with Crippen LogP contribution in [0.15, 0.2) is 40.3 Å². The standard InChI is InChI=1S/C15H17FN2S/c1-10-8-11(2)18-15(9-10)19-14-5-3-4-13(16)12(14)6-7-17/h3-5,8-9H,6-7,17H2,1-2H3. The Kier molecular flexibility index (Phi) is 4.56. The smallest absolute Gasteiger partial charge is 0.127 e. The molecule has 0 amide bonds. The predicted octanol–water partition coefficient (Wildman–Crippen LogP) is 3.49. The Morgan fingerprint density at radius 2 is 2.05 bits per heavy atom. The molecule has 0 bridgehead atoms. The Morgan fingerprint density at radius 1 is 1.26 bits per heavy atom. The highest BCUT2D eigenvalue weighted by atomic mass is 32.2. The van der Waals surface area contributed by atoms with Crippen molar-refractivity contribution in [2.24, 2.45) is 5.73 Å². The number of nitrogens with two attached hydrogens (primary N) is 1. The molecule has 2 rings (SSSR count). The van der Waals surface area contributed by atoms with Gasteiger partial charge in [0.2, 0.25) is 0 Å². The number of pyridine rings is 1. The minimum absolute atomic E-state index is 0.195. The van der Waals surface area contributed by atoms with Crippen LogP contribution in [0.2, 0.25) is 0 Å². The monoisotopic (exact) mass is 276 g/mol. The van der Waals surface area contributed by atoms with Crippen LogP contribution in [0, 0.1) is 19.7 Å². The molecule has 1 aromatic heterocycles. The maximum absolute atomic E-state index is 13.8. The number of rotatable bonds is 4. The summed E-state index contributed by atoms with van der Waals surface area (Å²) in [5.41, 5.74) is 8.36. The number of halogens is 1. The molecule has 0 aliphatic carbocycles. The maximum atomic E-state index is 13.8. The third-order valence-electron chi connectivity index (χ3n) is 2.76. The molecule has 4 heteroatoms. The molecule has 0 radical (unpaired) electrons. The van der Waals surface area contributed by atoms with E-state index in [4.69, 9.17) is 5.73 Å². The van der Waals surface area contributed by atoms with Gasteiger partial charge in [0.1, 0.15) is 10.8 Å². The van der Waals surface area contributed by atoms with E-state index >= 15 is 0 Å². The molecule has 100 valence electrons. The zero-order valence-corrected chi connectivity index (χ0v) is 11.9. The van der Waals surface area contributed by atoms with E-state index < -0.39 is 0 Å². The Bertz CT molecular complexity index is 564. The Hall–Kier alpha value is -1.39. The molecule has 1 aromatic carbocycles. The molecular weight excluding hydrogens is 259 g/mol. The molecule has 2 nitrogen and oxygen atoms in total. The Balaban J connectivity index is 2.34. The van der Waals surface area contributed by atoms with Crippen LogP contribution in [0.4, 0.5) is 4.39 Å². The quantitative estimate of drug-likeness (QED) is 0.929. The maximum Gasteiger partial charge on any atom is 0.127 e. The summed E-state index contributed by atoms with van der Waals surface area (Å²) < 4.78 is 13.8. The first-order chi connectivity index (χ1) is 9.10. The van der Waals surface area contributed by atoms with Crippen LogP contribution < -0.4 is 5.73 Å². The second-order valence-corrected chi connectivity index (χ2v) is 5.54. The molecule has 2 aromatic rings. The van der Waals surface area contributed by atoms with Gasteiger partial charge in [0, 0.05) is 16.2 Å². The van der Waals surface area contributed by atoms with Gasteiger partial charge in [0.15, 0.2) is 0 Å². The number of aryl methyl sites for hydroxylation is 2. The molecule has 0 aliphatic rings. The summed E-state index contributed by atoms with van der Waals surface area (Å²) in [6.07, 6.45) is 0.541. The second kappa shape index (κ2) is 6.17. The van der Waals surface area contributed by atoms with Crippen molar-refractivity contribution in [2.45, 2.75) is 30.2 Å². The molecule has 0 saturated carbocycles. The van der Waals surface area contributed by atoms with Gasteiger partial charge in [0.05, 0.1) is 0 Å². The van der Waals surface area contributed by atoms with Crippen LogP contribution in [-0.4, -0.2) is 11.5 Å². The van der Waals surface area contributed by atoms with Gasteiger partial charge in [-0.2, -0.15) is 0 Å². The third-order valence-corrected chi connectivity index (χ3v) is 3.78. The highest BCUT2D eigenvalue weighted by molar-refractivity contribution is 7.99. The Morgan fingerprint density at radius 3 is 2.74 bits per heavy atom. The van der Waals surface area contributed by atoms with E-state index in [1.807, 2.05) is 32.0 Å². The highest BCUT2D eigenvalue weighted by Gasteiger charge is 2.10. The zero-order valence-electron chi connectivity index (χ0n) is 11.1. The van der Waals surface area contributed by atoms with Gasteiger partial charge in [-0.1, -0.05) is 17.8 Å². The molecule has 0 saturated heterocycles. The molecule has 0 spiro atoms. The lowest BCUT2D eigenvalue weighted by Crippen LogP contribution is -2.05. The van der Waals surface area contributed by atoms with Crippen molar-refractivity contribution in [1.29, 1.82) is 0 Å². The number of hydrogen-bond donors (Lipinski definition) is 1. The topological polar surface area (TPSA) is 38.9 Å². The molecule has 0 fully saturated rings. The van der Waals surface area contributed by atoms with E-state index in [1.54, 1.807) is 6.07 Å². The summed E-state index contributed by atoms with van der Waals surface area (Å²) >= 11 is 1.49. The van der Waals surface area contributed by atoms with Crippen molar-refractivity contribution in [1.82, 2.24) is 4.98 Å². The number of aromatic nitrogens is 1. The van der Waals surface area contributed by atoms with E-state index in [9.17, 15) is 4.39 Å². The van der Waals surface area contributed by atoms with Gasteiger partial charge < -0.3 is 5.73 Å². The van der Waals surface area contributed by atoms with E-state index in [0.29, 0.717) is 18.5 Å². The first-order valence-corrected chi connectivity index (χ1v) is 7.02. The number of benzene rings is 1. The lowest BCUT2D eigenvalue weighted by molar-refractivity contribution is 0.603. The molecular formula is C15H17FN2S. The van der Waals surface area contributed by atoms with Gasteiger partial charge in [-0.3, -0.25) is 0 Å². The van der Waals surface area contributed by atoms with Crippen molar-refractivity contribution in [3.8, 4) is 0 Å². The van der Waals surface area contributed by atoms with E-state index in [-0.39, 0.29) is 5.82 Å². The van der Waals surface area contributed by atoms with Crippen LogP contribution in [0.3, 0.4) is 0 Å². The average Bonchev–Trinajstić information content (AvgIpc) is 2.32. The van der Waals surface area contributed by atoms with Crippen LogP contribution in [0.25, 0.3) is 0 Å². The number of nitrogens with zero attached hydrogens (tertiary/aromatic N) is 1. The average molecular weight is 276 g/mol. The van der Waals surface area contributed by atoms with Crippen LogP contribution in [0.5, 0.6) is 0 Å². The minimum atomic E-state index is -0.195. The van der Waals surface area contributed by atoms with Crippen molar-refractivity contribution < 1.29 is 4.39 Å². The van der Waals surface area contributed by atoms with Crippen molar-refractivity contribution in [3.05, 3.63) is 53.0 Å². The van der Waals surface area contributed by atoms with Crippen molar-refractivity contribution >= 4 is 11.8 Å².